The molecule has 0 atom stereocenters. The van der Waals surface area contributed by atoms with E-state index in [0.717, 1.165) is 41.6 Å². The highest BCUT2D eigenvalue weighted by molar-refractivity contribution is 8.04. The minimum atomic E-state index is 0.268. The average molecular weight is 411 g/mol. The Morgan fingerprint density at radius 2 is 2.21 bits per heavy atom. The highest BCUT2D eigenvalue weighted by Crippen LogP contribution is 2.46. The van der Waals surface area contributed by atoms with Crippen LogP contribution in [0.4, 0.5) is 11.8 Å². The summed E-state index contributed by atoms with van der Waals surface area (Å²) in [6.07, 6.45) is 4.08. The lowest BCUT2D eigenvalue weighted by molar-refractivity contribution is 0.325. The molecule has 3 aromatic rings. The molecular weight excluding hydrogens is 388 g/mol. The van der Waals surface area contributed by atoms with Gasteiger partial charge in [0, 0.05) is 29.5 Å². The van der Waals surface area contributed by atoms with Gasteiger partial charge in [0.2, 0.25) is 5.95 Å². The van der Waals surface area contributed by atoms with Gasteiger partial charge >= 0.3 is 0 Å². The highest BCUT2D eigenvalue weighted by atomic mass is 32.2. The van der Waals surface area contributed by atoms with Crippen LogP contribution >= 0.6 is 11.9 Å². The second kappa shape index (κ2) is 7.47. The van der Waals surface area contributed by atoms with Gasteiger partial charge in [-0.15, -0.1) is 0 Å². The molecule has 0 fully saturated rings. The predicted molar refractivity (Wildman–Crippen MR) is 113 cm³/mol. The Morgan fingerprint density at radius 1 is 1.28 bits per heavy atom. The van der Waals surface area contributed by atoms with Crippen LogP contribution in [0, 0.1) is 0 Å². The number of fused-ring (bicyclic) bond motifs is 2. The van der Waals surface area contributed by atoms with Crippen molar-refractivity contribution in [1.82, 2.24) is 19.9 Å². The molecule has 29 heavy (non-hydrogen) atoms. The molecule has 0 saturated heterocycles. The van der Waals surface area contributed by atoms with Crippen LogP contribution in [0.5, 0.6) is 5.75 Å². The minimum Gasteiger partial charge on any atom is -0.493 e. The third-order valence-corrected chi connectivity index (χ3v) is 6.18. The summed E-state index contributed by atoms with van der Waals surface area (Å²) in [7, 11) is 0. The zero-order valence-electron chi connectivity index (χ0n) is 16.3. The molecule has 8 nitrogen and oxygen atoms in total. The van der Waals surface area contributed by atoms with Crippen LogP contribution in [0.3, 0.4) is 0 Å². The molecule has 2 aromatic heterocycles. The van der Waals surface area contributed by atoms with Crippen LogP contribution in [0.2, 0.25) is 0 Å². The molecule has 150 valence electrons. The van der Waals surface area contributed by atoms with Gasteiger partial charge in [-0.05, 0) is 43.0 Å². The third-order valence-electron chi connectivity index (χ3n) is 4.99. The molecule has 0 bridgehead atoms. The lowest BCUT2D eigenvalue weighted by atomic mass is 10.0. The minimum absolute atomic E-state index is 0.268. The first kappa shape index (κ1) is 18.1. The smallest absolute Gasteiger partial charge is 0.234 e. The second-order valence-corrected chi connectivity index (χ2v) is 8.41. The average Bonchev–Trinajstić information content (AvgIpc) is 3.45. The van der Waals surface area contributed by atoms with E-state index in [-0.39, 0.29) is 6.04 Å². The lowest BCUT2D eigenvalue weighted by Gasteiger charge is -2.20. The molecular formula is C20H22N6O2S. The SMILES string of the molecule is CC(C)n1ncnc1N1CC2=C(CCOc3cc(CNc4ccon4)ccc32)S1. The molecule has 0 radical (unpaired) electrons. The molecule has 1 N–H and O–H groups in total. The van der Waals surface area contributed by atoms with Gasteiger partial charge in [0.15, 0.2) is 5.82 Å². The van der Waals surface area contributed by atoms with E-state index in [1.807, 2.05) is 4.68 Å². The Labute approximate surface area is 173 Å². The summed E-state index contributed by atoms with van der Waals surface area (Å²) in [5, 5.41) is 11.5. The Morgan fingerprint density at radius 3 is 3.03 bits per heavy atom. The summed E-state index contributed by atoms with van der Waals surface area (Å²) >= 11 is 1.75. The van der Waals surface area contributed by atoms with E-state index in [4.69, 9.17) is 9.26 Å². The van der Waals surface area contributed by atoms with E-state index in [2.05, 4.69) is 56.9 Å². The largest absolute Gasteiger partial charge is 0.493 e. The van der Waals surface area contributed by atoms with E-state index >= 15 is 0 Å². The summed E-state index contributed by atoms with van der Waals surface area (Å²) in [5.74, 6) is 2.55. The number of aromatic nitrogens is 4. The van der Waals surface area contributed by atoms with Crippen molar-refractivity contribution in [1.29, 1.82) is 0 Å². The number of nitrogens with zero attached hydrogens (tertiary/aromatic N) is 5. The van der Waals surface area contributed by atoms with Gasteiger partial charge in [0.1, 0.15) is 18.3 Å². The fraction of sp³-hybridized carbons (Fsp3) is 0.350. The molecule has 5 rings (SSSR count). The van der Waals surface area contributed by atoms with Crippen LogP contribution in [-0.2, 0) is 6.54 Å². The normalized spacial score (nSPS) is 15.9. The summed E-state index contributed by atoms with van der Waals surface area (Å²) in [6.45, 7) is 6.36. The van der Waals surface area contributed by atoms with Crippen LogP contribution < -0.4 is 14.4 Å². The first-order chi connectivity index (χ1) is 14.2. The molecule has 9 heteroatoms. The summed E-state index contributed by atoms with van der Waals surface area (Å²) in [5.41, 5.74) is 3.61. The van der Waals surface area contributed by atoms with Gasteiger partial charge < -0.3 is 14.6 Å². The Kier molecular flexibility index (Phi) is 4.67. The van der Waals surface area contributed by atoms with Crippen LogP contribution in [0.15, 0.2) is 46.3 Å². The summed E-state index contributed by atoms with van der Waals surface area (Å²) in [4.78, 5) is 5.84. The molecule has 0 amide bonds. The van der Waals surface area contributed by atoms with Gasteiger partial charge in [0.25, 0.3) is 0 Å². The van der Waals surface area contributed by atoms with Gasteiger partial charge in [-0.25, -0.2) is 4.68 Å². The molecule has 2 aliphatic heterocycles. The second-order valence-electron chi connectivity index (χ2n) is 7.30. The maximum Gasteiger partial charge on any atom is 0.234 e. The van der Waals surface area contributed by atoms with E-state index in [1.165, 1.54) is 10.5 Å². The summed E-state index contributed by atoms with van der Waals surface area (Å²) < 4.78 is 15.1. The Bertz CT molecular complexity index is 1040. The monoisotopic (exact) mass is 410 g/mol. The number of hydrogen-bond donors (Lipinski definition) is 1. The first-order valence-corrected chi connectivity index (χ1v) is 10.4. The highest BCUT2D eigenvalue weighted by Gasteiger charge is 2.31. The van der Waals surface area contributed by atoms with Crippen LogP contribution in [0.25, 0.3) is 5.57 Å². The van der Waals surface area contributed by atoms with Crippen molar-refractivity contribution in [2.24, 2.45) is 0 Å². The topological polar surface area (TPSA) is 81.2 Å². The maximum absolute atomic E-state index is 6.08. The zero-order chi connectivity index (χ0) is 19.8. The summed E-state index contributed by atoms with van der Waals surface area (Å²) in [6, 6.07) is 8.48. The van der Waals surface area contributed by atoms with Gasteiger partial charge in [0.05, 0.1) is 19.2 Å². The molecule has 1 aromatic carbocycles. The van der Waals surface area contributed by atoms with Crippen molar-refractivity contribution < 1.29 is 9.26 Å². The van der Waals surface area contributed by atoms with Gasteiger partial charge in [-0.3, -0.25) is 4.31 Å². The molecule has 4 heterocycles. The van der Waals surface area contributed by atoms with E-state index in [9.17, 15) is 0 Å². The first-order valence-electron chi connectivity index (χ1n) is 9.66. The molecule has 0 aliphatic carbocycles. The fourth-order valence-corrected chi connectivity index (χ4v) is 4.71. The quantitative estimate of drug-likeness (QED) is 0.629. The van der Waals surface area contributed by atoms with Gasteiger partial charge in [-0.1, -0.05) is 17.3 Å². The number of hydrogen-bond acceptors (Lipinski definition) is 8. The molecule has 0 saturated carbocycles. The lowest BCUT2D eigenvalue weighted by Crippen LogP contribution is -2.19. The van der Waals surface area contributed by atoms with Crippen molar-refractivity contribution in [3.05, 3.63) is 52.9 Å². The van der Waals surface area contributed by atoms with Crippen LogP contribution in [-0.4, -0.2) is 33.1 Å². The third kappa shape index (κ3) is 3.46. The van der Waals surface area contributed by atoms with Crippen molar-refractivity contribution >= 4 is 29.3 Å². The van der Waals surface area contributed by atoms with E-state index < -0.39 is 0 Å². The van der Waals surface area contributed by atoms with Crippen molar-refractivity contribution in [3.63, 3.8) is 0 Å². The fourth-order valence-electron chi connectivity index (χ4n) is 3.58. The molecule has 0 spiro atoms. The number of ether oxygens (including phenoxy) is 1. The van der Waals surface area contributed by atoms with Crippen molar-refractivity contribution in [2.45, 2.75) is 32.9 Å². The predicted octanol–water partition coefficient (Wildman–Crippen LogP) is 4.12. The van der Waals surface area contributed by atoms with Crippen LogP contribution in [0.1, 0.15) is 37.4 Å². The van der Waals surface area contributed by atoms with E-state index in [0.29, 0.717) is 13.2 Å². The molecule has 2 aliphatic rings. The molecule has 0 unspecified atom stereocenters. The Hall–Kier alpha value is -2.94. The van der Waals surface area contributed by atoms with Crippen molar-refractivity contribution in [3.8, 4) is 5.75 Å². The number of anilines is 2. The Balaban J connectivity index is 1.38. The van der Waals surface area contributed by atoms with E-state index in [1.54, 1.807) is 30.6 Å². The standard InChI is InChI=1S/C20H22N6O2S/c1-13(2)26-20(22-12-23-26)25-11-16-15-4-3-14(10-21-19-6-8-28-24-19)9-17(15)27-7-5-18(16)29-25/h3-4,6,8-9,12-13H,5,7,10-11H2,1-2H3,(H,21,24). The zero-order valence-corrected chi connectivity index (χ0v) is 17.1. The number of nitrogens with one attached hydrogen (secondary N) is 1. The number of rotatable bonds is 5. The van der Waals surface area contributed by atoms with Crippen molar-refractivity contribution in [2.75, 3.05) is 22.8 Å². The number of benzene rings is 1. The van der Waals surface area contributed by atoms with Gasteiger partial charge in [-0.2, -0.15) is 10.1 Å². The maximum atomic E-state index is 6.08.